The molecule has 0 atom stereocenters. The number of rotatable bonds is 8. The van der Waals surface area contributed by atoms with E-state index in [2.05, 4.69) is 28.8 Å². The van der Waals surface area contributed by atoms with Crippen LogP contribution in [0, 0.1) is 26.7 Å². The quantitative estimate of drug-likeness (QED) is 0.476. The van der Waals surface area contributed by atoms with Crippen LogP contribution in [0.2, 0.25) is 0 Å². The third-order valence-corrected chi connectivity index (χ3v) is 9.52. The second kappa shape index (κ2) is 10.9. The fraction of sp³-hybridized carbons (Fsp3) is 0.385. The molecule has 1 aromatic carbocycles. The summed E-state index contributed by atoms with van der Waals surface area (Å²) in [5.41, 5.74) is 3.67. The van der Waals surface area contributed by atoms with Crippen molar-refractivity contribution in [1.82, 2.24) is 14.8 Å². The van der Waals surface area contributed by atoms with Gasteiger partial charge in [0, 0.05) is 30.4 Å². The monoisotopic (exact) mass is 513 g/mol. The normalized spacial score (nSPS) is 15.6. The van der Waals surface area contributed by atoms with Gasteiger partial charge in [0.25, 0.3) is 0 Å². The Kier molecular flexibility index (Phi) is 7.88. The average molecular weight is 514 g/mol. The number of hydrogen-bond acceptors (Lipinski definition) is 6. The first-order valence-electron chi connectivity index (χ1n) is 11.8. The summed E-state index contributed by atoms with van der Waals surface area (Å²) in [6.45, 7) is 6.89. The van der Waals surface area contributed by atoms with Crippen molar-refractivity contribution < 1.29 is 17.7 Å². The van der Waals surface area contributed by atoms with Crippen LogP contribution in [0.15, 0.2) is 45.1 Å². The number of aromatic nitrogens is 1. The summed E-state index contributed by atoms with van der Waals surface area (Å²) in [6, 6.07) is 9.99. The molecule has 186 valence electrons. The molecule has 3 heterocycles. The van der Waals surface area contributed by atoms with Gasteiger partial charge in [-0.1, -0.05) is 41.1 Å². The van der Waals surface area contributed by atoms with Crippen molar-refractivity contribution in [3.05, 3.63) is 68.7 Å². The maximum atomic E-state index is 13.5. The fourth-order valence-corrected chi connectivity index (χ4v) is 6.87. The summed E-state index contributed by atoms with van der Waals surface area (Å²) in [6.07, 6.45) is 5.25. The van der Waals surface area contributed by atoms with Crippen molar-refractivity contribution in [2.45, 2.75) is 44.9 Å². The Bertz CT molecular complexity index is 1300. The van der Waals surface area contributed by atoms with Crippen LogP contribution in [0.5, 0.6) is 0 Å². The summed E-state index contributed by atoms with van der Waals surface area (Å²) < 4.78 is 33.7. The van der Waals surface area contributed by atoms with Crippen LogP contribution in [0.1, 0.15) is 45.9 Å². The first-order valence-corrected chi connectivity index (χ1v) is 14.1. The number of piperidine rings is 1. The lowest BCUT2D eigenvalue weighted by atomic mass is 9.97. The van der Waals surface area contributed by atoms with Crippen LogP contribution < -0.4 is 5.32 Å². The second-order valence-corrected chi connectivity index (χ2v) is 11.8. The van der Waals surface area contributed by atoms with Gasteiger partial charge in [-0.25, -0.2) is 8.42 Å². The Hall–Kier alpha value is -2.75. The highest BCUT2D eigenvalue weighted by Crippen LogP contribution is 2.29. The van der Waals surface area contributed by atoms with Gasteiger partial charge in [0.2, 0.25) is 15.9 Å². The largest absolute Gasteiger partial charge is 0.355 e. The number of aryl methyl sites for hydroxylation is 3. The van der Waals surface area contributed by atoms with Crippen molar-refractivity contribution in [2.75, 3.05) is 19.6 Å². The lowest BCUT2D eigenvalue weighted by Crippen LogP contribution is -2.43. The number of carbonyl (C=O) groups excluding carboxylic acids is 1. The number of carbonyl (C=O) groups is 1. The van der Waals surface area contributed by atoms with Gasteiger partial charge in [0.1, 0.15) is 5.69 Å². The molecule has 1 fully saturated rings. The van der Waals surface area contributed by atoms with Gasteiger partial charge < -0.3 is 9.84 Å². The molecule has 7 nitrogen and oxygen atoms in total. The Morgan fingerprint density at radius 3 is 2.51 bits per heavy atom. The molecule has 1 aliphatic heterocycles. The predicted octanol–water partition coefficient (Wildman–Crippen LogP) is 4.59. The molecule has 2 aromatic heterocycles. The van der Waals surface area contributed by atoms with E-state index in [0.29, 0.717) is 25.1 Å². The van der Waals surface area contributed by atoms with Crippen LogP contribution in [-0.4, -0.2) is 43.4 Å². The van der Waals surface area contributed by atoms with E-state index in [1.54, 1.807) is 24.3 Å². The van der Waals surface area contributed by atoms with Crippen LogP contribution in [0.4, 0.5) is 0 Å². The Labute approximate surface area is 210 Å². The van der Waals surface area contributed by atoms with E-state index in [0.717, 1.165) is 17.5 Å². The molecule has 9 heteroatoms. The number of sulfonamides is 1. The van der Waals surface area contributed by atoms with E-state index in [-0.39, 0.29) is 35.6 Å². The van der Waals surface area contributed by atoms with Crippen LogP contribution in [-0.2, 0) is 21.2 Å². The number of thiophene rings is 1. The zero-order valence-electron chi connectivity index (χ0n) is 20.3. The van der Waals surface area contributed by atoms with E-state index in [1.165, 1.54) is 14.7 Å². The van der Waals surface area contributed by atoms with Gasteiger partial charge in [0.15, 0.2) is 10.7 Å². The highest BCUT2D eigenvalue weighted by Gasteiger charge is 2.35. The second-order valence-electron chi connectivity index (χ2n) is 8.95. The topological polar surface area (TPSA) is 92.5 Å². The number of nitrogens with zero attached hydrogens (tertiary/aromatic N) is 2. The Morgan fingerprint density at radius 2 is 1.86 bits per heavy atom. The molecule has 1 N–H and O–H groups in total. The first kappa shape index (κ1) is 25.3. The fourth-order valence-electron chi connectivity index (χ4n) is 4.24. The predicted molar refractivity (Wildman–Crippen MR) is 139 cm³/mol. The Balaban J connectivity index is 1.37. The van der Waals surface area contributed by atoms with Gasteiger partial charge in [0.05, 0.1) is 0 Å². The maximum absolute atomic E-state index is 13.5. The molecule has 1 aliphatic rings. The van der Waals surface area contributed by atoms with Crippen LogP contribution in [0.25, 0.3) is 12.2 Å². The summed E-state index contributed by atoms with van der Waals surface area (Å²) in [5, 5.41) is 8.99. The van der Waals surface area contributed by atoms with Crippen molar-refractivity contribution in [2.24, 2.45) is 5.92 Å². The van der Waals surface area contributed by atoms with Crippen molar-refractivity contribution in [3.63, 3.8) is 0 Å². The minimum Gasteiger partial charge on any atom is -0.355 e. The molecule has 1 amide bonds. The summed E-state index contributed by atoms with van der Waals surface area (Å²) >= 11 is 1.70. The van der Waals surface area contributed by atoms with Gasteiger partial charge in [-0.3, -0.25) is 4.79 Å². The summed E-state index contributed by atoms with van der Waals surface area (Å²) in [5.74, 6) is 0.0290. The van der Waals surface area contributed by atoms with E-state index in [1.807, 2.05) is 37.3 Å². The summed E-state index contributed by atoms with van der Waals surface area (Å²) in [4.78, 5) is 14.0. The molecule has 1 saturated heterocycles. The third-order valence-electron chi connectivity index (χ3n) is 6.38. The standard InChI is InChI=1S/C26H31N3O4S2/c1-18-4-6-21(7-5-18)8-9-23-25(20(3)28-33-23)35(31,32)29-15-11-22(12-16-29)26(30)27-14-10-24-19(2)13-17-34-24/h4-9,13,17,22H,10-12,14-16H2,1-3H3,(H,27,30)/b9-8+. The SMILES string of the molecule is Cc1ccc(/C=C/c2onc(C)c2S(=O)(=O)N2CCC(C(=O)NCCc3sccc3C)CC2)cc1. The molecule has 3 aromatic rings. The molecule has 0 saturated carbocycles. The first-order chi connectivity index (χ1) is 16.8. The molecular weight excluding hydrogens is 482 g/mol. The van der Waals surface area contributed by atoms with E-state index < -0.39 is 10.0 Å². The minimum absolute atomic E-state index is 0.000800. The minimum atomic E-state index is -3.80. The maximum Gasteiger partial charge on any atom is 0.248 e. The van der Waals surface area contributed by atoms with Gasteiger partial charge in [-0.2, -0.15) is 4.31 Å². The van der Waals surface area contributed by atoms with Crippen molar-refractivity contribution in [3.8, 4) is 0 Å². The van der Waals surface area contributed by atoms with E-state index in [4.69, 9.17) is 4.52 Å². The lowest BCUT2D eigenvalue weighted by Gasteiger charge is -2.30. The highest BCUT2D eigenvalue weighted by atomic mass is 32.2. The van der Waals surface area contributed by atoms with Gasteiger partial charge in [-0.15, -0.1) is 11.3 Å². The van der Waals surface area contributed by atoms with Gasteiger partial charge >= 0.3 is 0 Å². The van der Waals surface area contributed by atoms with Gasteiger partial charge in [-0.05, 0) is 68.7 Å². The van der Waals surface area contributed by atoms with Crippen LogP contribution in [0.3, 0.4) is 0 Å². The molecule has 35 heavy (non-hydrogen) atoms. The van der Waals surface area contributed by atoms with Crippen molar-refractivity contribution >= 4 is 39.4 Å². The molecule has 0 bridgehead atoms. The zero-order valence-corrected chi connectivity index (χ0v) is 21.9. The molecular formula is C26H31N3O4S2. The smallest absolute Gasteiger partial charge is 0.248 e. The number of nitrogens with one attached hydrogen (secondary N) is 1. The van der Waals surface area contributed by atoms with E-state index >= 15 is 0 Å². The molecule has 4 rings (SSSR count). The number of amides is 1. The molecule has 0 aliphatic carbocycles. The molecule has 0 unspecified atom stereocenters. The highest BCUT2D eigenvalue weighted by molar-refractivity contribution is 7.89. The van der Waals surface area contributed by atoms with Crippen LogP contribution >= 0.6 is 11.3 Å². The van der Waals surface area contributed by atoms with E-state index in [9.17, 15) is 13.2 Å². The lowest BCUT2D eigenvalue weighted by molar-refractivity contribution is -0.126. The molecule has 0 spiro atoms. The zero-order chi connectivity index (χ0) is 25.0. The Morgan fingerprint density at radius 1 is 1.14 bits per heavy atom. The third kappa shape index (κ3) is 5.91. The van der Waals surface area contributed by atoms with Crippen molar-refractivity contribution in [1.29, 1.82) is 0 Å². The molecule has 0 radical (unpaired) electrons. The summed E-state index contributed by atoms with van der Waals surface area (Å²) in [7, 11) is -3.80. The average Bonchev–Trinajstić information content (AvgIpc) is 3.43. The number of benzene rings is 1. The number of hydrogen-bond donors (Lipinski definition) is 1.